The Labute approximate surface area is 121 Å². The number of nitrogens with two attached hydrogens (primary N) is 1. The maximum absolute atomic E-state index is 14.0. The number of Topliss-reactive ketones (excluding diaryl/α,β-unsaturated/α-hetero) is 1. The molecular formula is C16H15FN2O2. The molecule has 5 heteroatoms. The van der Waals surface area contributed by atoms with Crippen molar-refractivity contribution >= 4 is 17.4 Å². The number of halogens is 1. The molecule has 0 radical (unpaired) electrons. The molecule has 0 spiro atoms. The predicted octanol–water partition coefficient (Wildman–Crippen LogP) is 2.19. The third-order valence-corrected chi connectivity index (χ3v) is 3.16. The Bertz CT molecular complexity index is 698. The number of hydrogen-bond donors (Lipinski definition) is 2. The molecule has 0 bridgehead atoms. The van der Waals surface area contributed by atoms with E-state index in [0.29, 0.717) is 11.3 Å². The smallest absolute Gasteiger partial charge is 0.251 e. The Hall–Kier alpha value is -2.69. The lowest BCUT2D eigenvalue weighted by atomic mass is 10.00. The third-order valence-electron chi connectivity index (χ3n) is 3.16. The van der Waals surface area contributed by atoms with Crippen LogP contribution in [0.25, 0.3) is 0 Å². The van der Waals surface area contributed by atoms with E-state index in [4.69, 9.17) is 5.73 Å². The predicted molar refractivity (Wildman–Crippen MR) is 78.7 cm³/mol. The first kappa shape index (κ1) is 14.7. The van der Waals surface area contributed by atoms with Gasteiger partial charge in [-0.05, 0) is 29.8 Å². The van der Waals surface area contributed by atoms with Gasteiger partial charge in [-0.1, -0.05) is 18.2 Å². The molecule has 2 aromatic carbocycles. The van der Waals surface area contributed by atoms with E-state index in [1.165, 1.54) is 19.2 Å². The van der Waals surface area contributed by atoms with Crippen molar-refractivity contribution in [2.24, 2.45) is 0 Å². The highest BCUT2D eigenvalue weighted by atomic mass is 19.1. The number of para-hydroxylation sites is 1. The molecule has 0 atom stereocenters. The summed E-state index contributed by atoms with van der Waals surface area (Å²) in [7, 11) is 1.46. The fraction of sp³-hybridized carbons (Fsp3) is 0.125. The van der Waals surface area contributed by atoms with Crippen molar-refractivity contribution in [3.8, 4) is 0 Å². The van der Waals surface area contributed by atoms with Crippen LogP contribution in [0.5, 0.6) is 0 Å². The summed E-state index contributed by atoms with van der Waals surface area (Å²) in [6.07, 6.45) is 0.0168. The molecule has 0 aliphatic heterocycles. The van der Waals surface area contributed by atoms with Gasteiger partial charge in [0.15, 0.2) is 5.78 Å². The van der Waals surface area contributed by atoms with Crippen molar-refractivity contribution in [2.45, 2.75) is 6.42 Å². The second kappa shape index (κ2) is 6.17. The van der Waals surface area contributed by atoms with Crippen molar-refractivity contribution in [1.82, 2.24) is 5.32 Å². The number of anilines is 1. The molecule has 2 aromatic rings. The quantitative estimate of drug-likeness (QED) is 0.668. The van der Waals surface area contributed by atoms with E-state index in [-0.39, 0.29) is 23.3 Å². The fourth-order valence-corrected chi connectivity index (χ4v) is 1.99. The number of carbonyl (C=O) groups excluding carboxylic acids is 2. The molecular weight excluding hydrogens is 271 g/mol. The summed E-state index contributed by atoms with van der Waals surface area (Å²) < 4.78 is 14.0. The van der Waals surface area contributed by atoms with E-state index in [2.05, 4.69) is 5.32 Å². The zero-order valence-electron chi connectivity index (χ0n) is 11.5. The lowest BCUT2D eigenvalue weighted by molar-refractivity contribution is 0.0957. The van der Waals surface area contributed by atoms with Gasteiger partial charge in [0, 0.05) is 24.7 Å². The summed E-state index contributed by atoms with van der Waals surface area (Å²) in [6, 6.07) is 10.7. The Morgan fingerprint density at radius 3 is 2.52 bits per heavy atom. The van der Waals surface area contributed by atoms with Gasteiger partial charge in [-0.3, -0.25) is 9.59 Å². The van der Waals surface area contributed by atoms with Crippen LogP contribution in [0.3, 0.4) is 0 Å². The van der Waals surface area contributed by atoms with Crippen LogP contribution in [0.15, 0.2) is 42.5 Å². The van der Waals surface area contributed by atoms with Gasteiger partial charge in [0.2, 0.25) is 0 Å². The van der Waals surface area contributed by atoms with Crippen LogP contribution in [0.1, 0.15) is 26.3 Å². The first-order chi connectivity index (χ1) is 10.0. The van der Waals surface area contributed by atoms with E-state index in [9.17, 15) is 14.0 Å². The normalized spacial score (nSPS) is 10.2. The number of amides is 1. The van der Waals surface area contributed by atoms with Gasteiger partial charge in [0.25, 0.3) is 5.91 Å². The molecule has 0 aliphatic carbocycles. The SMILES string of the molecule is CNC(=O)c1ccc(C(=O)Cc2ccccc2N)c(F)c1. The molecule has 0 unspecified atom stereocenters. The summed E-state index contributed by atoms with van der Waals surface area (Å²) in [5, 5.41) is 2.40. The number of ketones is 1. The van der Waals surface area contributed by atoms with Crippen LogP contribution in [0.4, 0.5) is 10.1 Å². The minimum atomic E-state index is -0.712. The molecule has 0 heterocycles. The summed E-state index contributed by atoms with van der Waals surface area (Å²) in [6.45, 7) is 0. The van der Waals surface area contributed by atoms with Crippen LogP contribution in [0, 0.1) is 5.82 Å². The van der Waals surface area contributed by atoms with Gasteiger partial charge >= 0.3 is 0 Å². The van der Waals surface area contributed by atoms with E-state index in [1.807, 2.05) is 0 Å². The highest BCUT2D eigenvalue weighted by molar-refractivity contribution is 6.00. The molecule has 4 nitrogen and oxygen atoms in total. The maximum atomic E-state index is 14.0. The van der Waals surface area contributed by atoms with E-state index >= 15 is 0 Å². The van der Waals surface area contributed by atoms with E-state index in [0.717, 1.165) is 6.07 Å². The monoisotopic (exact) mass is 286 g/mol. The second-order valence-corrected chi connectivity index (χ2v) is 4.57. The highest BCUT2D eigenvalue weighted by Gasteiger charge is 2.15. The number of hydrogen-bond acceptors (Lipinski definition) is 3. The maximum Gasteiger partial charge on any atom is 0.251 e. The Balaban J connectivity index is 2.24. The minimum absolute atomic E-state index is 0.0168. The number of nitrogens with one attached hydrogen (secondary N) is 1. The average molecular weight is 286 g/mol. The molecule has 0 fully saturated rings. The van der Waals surface area contributed by atoms with Crippen molar-refractivity contribution in [1.29, 1.82) is 0 Å². The van der Waals surface area contributed by atoms with Gasteiger partial charge < -0.3 is 11.1 Å². The number of rotatable bonds is 4. The zero-order valence-corrected chi connectivity index (χ0v) is 11.5. The van der Waals surface area contributed by atoms with Gasteiger partial charge in [0.05, 0.1) is 5.56 Å². The van der Waals surface area contributed by atoms with Crippen LogP contribution in [-0.2, 0) is 6.42 Å². The molecule has 0 saturated carbocycles. The van der Waals surface area contributed by atoms with Crippen LogP contribution < -0.4 is 11.1 Å². The van der Waals surface area contributed by atoms with Crippen LogP contribution in [0.2, 0.25) is 0 Å². The summed E-state index contributed by atoms with van der Waals surface area (Å²) in [5.74, 6) is -1.50. The molecule has 2 rings (SSSR count). The fourth-order valence-electron chi connectivity index (χ4n) is 1.99. The Morgan fingerprint density at radius 1 is 1.19 bits per heavy atom. The standard InChI is InChI=1S/C16H15FN2O2/c1-19-16(21)11-6-7-12(13(17)8-11)15(20)9-10-4-2-3-5-14(10)18/h2-8H,9,18H2,1H3,(H,19,21). The summed E-state index contributed by atoms with van der Waals surface area (Å²) in [5.41, 5.74) is 7.03. The number of benzene rings is 2. The average Bonchev–Trinajstić information content (AvgIpc) is 2.48. The van der Waals surface area contributed by atoms with Crippen molar-refractivity contribution in [3.05, 3.63) is 65.0 Å². The molecule has 21 heavy (non-hydrogen) atoms. The lowest BCUT2D eigenvalue weighted by Gasteiger charge is -2.07. The van der Waals surface area contributed by atoms with Crippen LogP contribution >= 0.6 is 0 Å². The molecule has 0 aliphatic rings. The van der Waals surface area contributed by atoms with Crippen LogP contribution in [-0.4, -0.2) is 18.7 Å². The first-order valence-electron chi connectivity index (χ1n) is 6.41. The molecule has 108 valence electrons. The molecule has 0 aromatic heterocycles. The number of nitrogen functional groups attached to an aromatic ring is 1. The third kappa shape index (κ3) is 3.25. The largest absolute Gasteiger partial charge is 0.398 e. The highest BCUT2D eigenvalue weighted by Crippen LogP contribution is 2.17. The molecule has 0 saturated heterocycles. The first-order valence-corrected chi connectivity index (χ1v) is 6.41. The summed E-state index contributed by atoms with van der Waals surface area (Å²) in [4.78, 5) is 23.5. The lowest BCUT2D eigenvalue weighted by Crippen LogP contribution is -2.18. The number of carbonyl (C=O) groups is 2. The topological polar surface area (TPSA) is 72.2 Å². The van der Waals surface area contributed by atoms with Gasteiger partial charge in [-0.15, -0.1) is 0 Å². The van der Waals surface area contributed by atoms with E-state index in [1.54, 1.807) is 24.3 Å². The van der Waals surface area contributed by atoms with Gasteiger partial charge in [-0.2, -0.15) is 0 Å². The second-order valence-electron chi connectivity index (χ2n) is 4.57. The molecule has 3 N–H and O–H groups in total. The minimum Gasteiger partial charge on any atom is -0.398 e. The van der Waals surface area contributed by atoms with Gasteiger partial charge in [0.1, 0.15) is 5.82 Å². The van der Waals surface area contributed by atoms with Crippen molar-refractivity contribution in [2.75, 3.05) is 12.8 Å². The molecule has 1 amide bonds. The Morgan fingerprint density at radius 2 is 1.90 bits per heavy atom. The zero-order chi connectivity index (χ0) is 15.4. The van der Waals surface area contributed by atoms with Crippen molar-refractivity contribution in [3.63, 3.8) is 0 Å². The van der Waals surface area contributed by atoms with Crippen molar-refractivity contribution < 1.29 is 14.0 Å². The van der Waals surface area contributed by atoms with E-state index < -0.39 is 11.7 Å². The summed E-state index contributed by atoms with van der Waals surface area (Å²) >= 11 is 0. The van der Waals surface area contributed by atoms with Gasteiger partial charge in [-0.25, -0.2) is 4.39 Å². The Kier molecular flexibility index (Phi) is 4.33.